The lowest BCUT2D eigenvalue weighted by Gasteiger charge is -2.19. The summed E-state index contributed by atoms with van der Waals surface area (Å²) in [5.41, 5.74) is -0.380. The van der Waals surface area contributed by atoms with Crippen LogP contribution >= 0.6 is 0 Å². The first-order valence-corrected chi connectivity index (χ1v) is 8.47. The minimum atomic E-state index is -4.59. The molecule has 1 aliphatic heterocycles. The monoisotopic (exact) mass is 369 g/mol. The number of benzene rings is 2. The molecule has 130 valence electrons. The molecule has 25 heavy (non-hydrogen) atoms. The average molecular weight is 369 g/mol. The number of hydrogen-bond donors (Lipinski definition) is 1. The van der Waals surface area contributed by atoms with Crippen LogP contribution in [0.4, 0.5) is 13.2 Å². The van der Waals surface area contributed by atoms with E-state index in [0.717, 1.165) is 18.2 Å². The highest BCUT2D eigenvalue weighted by Gasteiger charge is 2.35. The number of alkyl halides is 3. The van der Waals surface area contributed by atoms with E-state index in [1.165, 1.54) is 24.3 Å². The standard InChI is InChI=1S/C16H10F3NO4S/c17-16(18,19)8-20-15(22)9-5-6-11-13(7-9)25(23,24)12-4-2-1-3-10(12)14(11)21/h1-7H,8H2,(H,20,22). The number of ketones is 1. The lowest BCUT2D eigenvalue weighted by Crippen LogP contribution is -2.34. The maximum absolute atomic E-state index is 12.7. The molecule has 2 aromatic rings. The third kappa shape index (κ3) is 3.02. The molecule has 1 aliphatic rings. The minimum absolute atomic E-state index is 0.0178. The number of carbonyl (C=O) groups excluding carboxylic acids is 2. The van der Waals surface area contributed by atoms with Crippen LogP contribution in [0.1, 0.15) is 26.3 Å². The Bertz CT molecular complexity index is 997. The molecule has 1 heterocycles. The molecule has 3 rings (SSSR count). The van der Waals surface area contributed by atoms with Gasteiger partial charge in [-0.3, -0.25) is 9.59 Å². The number of carbonyl (C=O) groups is 2. The van der Waals surface area contributed by atoms with Gasteiger partial charge in [0.15, 0.2) is 5.78 Å². The first kappa shape index (κ1) is 17.2. The van der Waals surface area contributed by atoms with Gasteiger partial charge >= 0.3 is 6.18 Å². The van der Waals surface area contributed by atoms with E-state index >= 15 is 0 Å². The van der Waals surface area contributed by atoms with Gasteiger partial charge in [-0.1, -0.05) is 12.1 Å². The van der Waals surface area contributed by atoms with Crippen LogP contribution in [0.3, 0.4) is 0 Å². The molecule has 0 aliphatic carbocycles. The van der Waals surface area contributed by atoms with Crippen molar-refractivity contribution in [2.24, 2.45) is 0 Å². The topological polar surface area (TPSA) is 80.3 Å². The number of hydrogen-bond acceptors (Lipinski definition) is 4. The van der Waals surface area contributed by atoms with E-state index < -0.39 is 39.1 Å². The molecule has 5 nitrogen and oxygen atoms in total. The van der Waals surface area contributed by atoms with Crippen LogP contribution in [0.2, 0.25) is 0 Å². The molecule has 1 amide bonds. The summed E-state index contributed by atoms with van der Waals surface area (Å²) >= 11 is 0. The highest BCUT2D eigenvalue weighted by molar-refractivity contribution is 7.91. The average Bonchev–Trinajstić information content (AvgIpc) is 2.57. The highest BCUT2D eigenvalue weighted by Crippen LogP contribution is 2.34. The summed E-state index contributed by atoms with van der Waals surface area (Å²) < 4.78 is 61.9. The molecule has 0 saturated heterocycles. The molecule has 1 N–H and O–H groups in total. The Labute approximate surface area is 140 Å². The van der Waals surface area contributed by atoms with Gasteiger partial charge in [-0.15, -0.1) is 0 Å². The zero-order valence-electron chi connectivity index (χ0n) is 12.4. The summed E-state index contributed by atoms with van der Waals surface area (Å²) in [4.78, 5) is 23.7. The van der Waals surface area contributed by atoms with Crippen molar-refractivity contribution in [2.45, 2.75) is 16.0 Å². The molecule has 0 atom stereocenters. The highest BCUT2D eigenvalue weighted by atomic mass is 32.2. The molecule has 0 bridgehead atoms. The lowest BCUT2D eigenvalue weighted by atomic mass is 10.0. The first-order valence-electron chi connectivity index (χ1n) is 6.99. The van der Waals surface area contributed by atoms with E-state index in [4.69, 9.17) is 0 Å². The third-order valence-corrected chi connectivity index (χ3v) is 5.50. The Morgan fingerprint density at radius 3 is 2.32 bits per heavy atom. The second-order valence-corrected chi connectivity index (χ2v) is 7.22. The van der Waals surface area contributed by atoms with E-state index in [0.29, 0.717) is 0 Å². The number of sulfone groups is 1. The van der Waals surface area contributed by atoms with E-state index in [1.807, 2.05) is 0 Å². The summed E-state index contributed by atoms with van der Waals surface area (Å²) in [6.07, 6.45) is -4.59. The zero-order chi connectivity index (χ0) is 18.4. The van der Waals surface area contributed by atoms with Gasteiger partial charge in [-0.2, -0.15) is 13.2 Å². The van der Waals surface area contributed by atoms with Crippen molar-refractivity contribution < 1.29 is 31.2 Å². The Balaban J connectivity index is 2.05. The molecule has 0 unspecified atom stereocenters. The van der Waals surface area contributed by atoms with Crippen molar-refractivity contribution >= 4 is 21.5 Å². The number of amides is 1. The number of halogens is 3. The molecule has 0 saturated carbocycles. The van der Waals surface area contributed by atoms with Gasteiger partial charge in [-0.05, 0) is 30.3 Å². The van der Waals surface area contributed by atoms with Crippen LogP contribution in [0.25, 0.3) is 0 Å². The van der Waals surface area contributed by atoms with Crippen molar-refractivity contribution in [2.75, 3.05) is 6.54 Å². The molecular weight excluding hydrogens is 359 g/mol. The molecule has 9 heteroatoms. The van der Waals surface area contributed by atoms with Gasteiger partial charge < -0.3 is 5.32 Å². The van der Waals surface area contributed by atoms with Gasteiger partial charge in [0.25, 0.3) is 5.91 Å². The molecule has 0 aromatic heterocycles. The van der Waals surface area contributed by atoms with E-state index in [9.17, 15) is 31.2 Å². The Hall–Kier alpha value is -2.68. The van der Waals surface area contributed by atoms with Gasteiger partial charge in [0, 0.05) is 16.7 Å². The normalized spacial score (nSPS) is 15.2. The van der Waals surface area contributed by atoms with E-state index in [2.05, 4.69) is 0 Å². The Morgan fingerprint density at radius 1 is 1.00 bits per heavy atom. The number of fused-ring (bicyclic) bond motifs is 2. The fraction of sp³-hybridized carbons (Fsp3) is 0.125. The fourth-order valence-corrected chi connectivity index (χ4v) is 4.19. The molecule has 0 fully saturated rings. The fourth-order valence-electron chi connectivity index (χ4n) is 2.51. The van der Waals surface area contributed by atoms with Crippen LogP contribution in [0.15, 0.2) is 52.3 Å². The predicted octanol–water partition coefficient (Wildman–Crippen LogP) is 2.36. The van der Waals surface area contributed by atoms with Crippen molar-refractivity contribution in [3.63, 3.8) is 0 Å². The largest absolute Gasteiger partial charge is 0.405 e. The second-order valence-electron chi connectivity index (χ2n) is 5.34. The Morgan fingerprint density at radius 2 is 1.64 bits per heavy atom. The van der Waals surface area contributed by atoms with Gasteiger partial charge in [0.2, 0.25) is 9.84 Å². The van der Waals surface area contributed by atoms with E-state index in [-0.39, 0.29) is 21.6 Å². The van der Waals surface area contributed by atoms with Gasteiger partial charge in [0.05, 0.1) is 9.79 Å². The minimum Gasteiger partial charge on any atom is -0.343 e. The SMILES string of the molecule is O=C(NCC(F)(F)F)c1ccc2c(c1)S(=O)(=O)c1ccccc1C2=O. The van der Waals surface area contributed by atoms with Crippen molar-refractivity contribution in [3.05, 3.63) is 59.2 Å². The van der Waals surface area contributed by atoms with Crippen LogP contribution in [-0.4, -0.2) is 32.8 Å². The van der Waals surface area contributed by atoms with Crippen LogP contribution in [-0.2, 0) is 9.84 Å². The molecular formula is C16H10F3NO4S. The van der Waals surface area contributed by atoms with Crippen molar-refractivity contribution in [3.8, 4) is 0 Å². The number of nitrogens with one attached hydrogen (secondary N) is 1. The third-order valence-electron chi connectivity index (χ3n) is 3.65. The maximum atomic E-state index is 12.7. The molecule has 0 radical (unpaired) electrons. The first-order chi connectivity index (χ1) is 11.6. The van der Waals surface area contributed by atoms with Crippen LogP contribution < -0.4 is 5.32 Å². The van der Waals surface area contributed by atoms with Crippen molar-refractivity contribution in [1.29, 1.82) is 0 Å². The zero-order valence-corrected chi connectivity index (χ0v) is 13.2. The smallest absolute Gasteiger partial charge is 0.343 e. The quantitative estimate of drug-likeness (QED) is 0.752. The maximum Gasteiger partial charge on any atom is 0.405 e. The van der Waals surface area contributed by atoms with E-state index in [1.54, 1.807) is 5.32 Å². The summed E-state index contributed by atoms with van der Waals surface area (Å²) in [6, 6.07) is 8.79. The van der Waals surface area contributed by atoms with Crippen LogP contribution in [0, 0.1) is 0 Å². The summed E-state index contributed by atoms with van der Waals surface area (Å²) in [7, 11) is -4.06. The van der Waals surface area contributed by atoms with Gasteiger partial charge in [-0.25, -0.2) is 8.42 Å². The Kier molecular flexibility index (Phi) is 3.91. The van der Waals surface area contributed by atoms with Gasteiger partial charge in [0.1, 0.15) is 6.54 Å². The summed E-state index contributed by atoms with van der Waals surface area (Å²) in [5.74, 6) is -1.61. The molecule has 0 spiro atoms. The predicted molar refractivity (Wildman–Crippen MR) is 80.2 cm³/mol. The second kappa shape index (κ2) is 5.69. The van der Waals surface area contributed by atoms with Crippen molar-refractivity contribution in [1.82, 2.24) is 5.32 Å². The lowest BCUT2D eigenvalue weighted by molar-refractivity contribution is -0.123. The summed E-state index contributed by atoms with van der Waals surface area (Å²) in [6.45, 7) is -1.54. The summed E-state index contributed by atoms with van der Waals surface area (Å²) in [5, 5.41) is 1.66. The molecule has 2 aromatic carbocycles. The van der Waals surface area contributed by atoms with Crippen LogP contribution in [0.5, 0.6) is 0 Å². The number of rotatable bonds is 2.